The van der Waals surface area contributed by atoms with Gasteiger partial charge in [-0.2, -0.15) is 27.1 Å². The molecule has 0 spiro atoms. The number of halogens is 6. The number of carbonyl (C=O) groups is 2. The quantitative estimate of drug-likeness (QED) is 0.248. The van der Waals surface area contributed by atoms with Crippen molar-refractivity contribution in [1.29, 1.82) is 0 Å². The number of nitrogens with zero attached hydrogens (tertiary/aromatic N) is 2. The molecule has 2 amide bonds. The molecule has 2 aromatic carbocycles. The molecule has 3 aromatic rings. The van der Waals surface area contributed by atoms with Crippen molar-refractivity contribution in [1.82, 2.24) is 15.1 Å². The third-order valence-corrected chi connectivity index (χ3v) is 7.40. The van der Waals surface area contributed by atoms with Crippen LogP contribution in [0.5, 0.6) is 0 Å². The number of sulfone groups is 1. The van der Waals surface area contributed by atoms with Crippen LogP contribution in [0.15, 0.2) is 42.5 Å². The van der Waals surface area contributed by atoms with E-state index in [4.69, 9.17) is 0 Å². The van der Waals surface area contributed by atoms with E-state index in [-0.39, 0.29) is 32.8 Å². The Labute approximate surface area is 234 Å². The van der Waals surface area contributed by atoms with Gasteiger partial charge in [0.15, 0.2) is 5.69 Å². The van der Waals surface area contributed by atoms with Crippen LogP contribution in [0.3, 0.4) is 0 Å². The van der Waals surface area contributed by atoms with E-state index >= 15 is 0 Å². The summed E-state index contributed by atoms with van der Waals surface area (Å²) in [5, 5.41) is 8.15. The summed E-state index contributed by atoms with van der Waals surface area (Å²) in [7, 11) is -3.37. The van der Waals surface area contributed by atoms with E-state index in [0.29, 0.717) is 15.2 Å². The highest BCUT2D eigenvalue weighted by Crippen LogP contribution is 2.35. The van der Waals surface area contributed by atoms with Crippen LogP contribution in [0.25, 0.3) is 11.3 Å². The van der Waals surface area contributed by atoms with Crippen molar-refractivity contribution >= 4 is 49.9 Å². The normalized spacial score (nSPS) is 12.9. The number of aryl methyl sites for hydroxylation is 1. The number of rotatable bonds is 8. The van der Waals surface area contributed by atoms with Crippen LogP contribution in [0, 0.1) is 10.5 Å². The van der Waals surface area contributed by atoms with E-state index in [1.165, 1.54) is 38.1 Å². The van der Waals surface area contributed by atoms with Gasteiger partial charge in [-0.3, -0.25) is 9.59 Å². The van der Waals surface area contributed by atoms with Gasteiger partial charge in [-0.15, -0.1) is 0 Å². The molecule has 3 rings (SSSR count). The standard InChI is InChI=1S/C24H22F5IN4O4S/c1-12-9-14(18-10-19(24(27,28)29)33-34(18)23(25)26)7-8-17(12)32-21(35)15-5-4-6-16(30)20(15)22(36)31-13(2)11-39(3,37)38/h4-10,13,23H,11H2,1-3H3,(H,31,36)(H,32,35). The van der Waals surface area contributed by atoms with Crippen molar-refractivity contribution in [2.45, 2.75) is 32.6 Å². The number of amides is 2. The second kappa shape index (κ2) is 11.6. The zero-order valence-corrected chi connectivity index (χ0v) is 23.6. The first kappa shape index (κ1) is 30.5. The third kappa shape index (κ3) is 7.52. The Hall–Kier alpha value is -3.08. The maximum Gasteiger partial charge on any atom is 0.435 e. The van der Waals surface area contributed by atoms with Gasteiger partial charge >= 0.3 is 12.7 Å². The molecule has 0 fully saturated rings. The summed E-state index contributed by atoms with van der Waals surface area (Å²) in [5.41, 5.74) is -1.34. The fourth-order valence-electron chi connectivity index (χ4n) is 3.79. The summed E-state index contributed by atoms with van der Waals surface area (Å²) in [5.74, 6) is -1.65. The topological polar surface area (TPSA) is 110 Å². The lowest BCUT2D eigenvalue weighted by atomic mass is 10.0. The summed E-state index contributed by atoms with van der Waals surface area (Å²) in [4.78, 5) is 26.1. The minimum absolute atomic E-state index is 0.0139. The van der Waals surface area contributed by atoms with Gasteiger partial charge in [0.1, 0.15) is 9.84 Å². The molecular weight excluding hydrogens is 662 g/mol. The van der Waals surface area contributed by atoms with Crippen molar-refractivity contribution < 1.29 is 40.0 Å². The number of hydrogen-bond acceptors (Lipinski definition) is 5. The van der Waals surface area contributed by atoms with Gasteiger partial charge < -0.3 is 10.6 Å². The first-order valence-corrected chi connectivity index (χ1v) is 14.3. The molecule has 0 saturated heterocycles. The Bertz CT molecular complexity index is 1520. The number of aromatic nitrogens is 2. The molecule has 39 heavy (non-hydrogen) atoms. The molecule has 2 N–H and O–H groups in total. The predicted octanol–water partition coefficient (Wildman–Crippen LogP) is 5.29. The van der Waals surface area contributed by atoms with Crippen LogP contribution in [-0.4, -0.2) is 48.1 Å². The highest BCUT2D eigenvalue weighted by atomic mass is 127. The highest BCUT2D eigenvalue weighted by Gasteiger charge is 2.36. The molecule has 210 valence electrons. The van der Waals surface area contributed by atoms with Crippen molar-refractivity contribution in [3.05, 3.63) is 68.4 Å². The van der Waals surface area contributed by atoms with Crippen molar-refractivity contribution in [3.8, 4) is 11.3 Å². The maximum absolute atomic E-state index is 13.4. The molecule has 0 aliphatic rings. The van der Waals surface area contributed by atoms with Crippen LogP contribution in [0.2, 0.25) is 0 Å². The molecule has 1 aromatic heterocycles. The van der Waals surface area contributed by atoms with E-state index in [1.807, 2.05) is 22.6 Å². The van der Waals surface area contributed by atoms with Crippen LogP contribution in [0.4, 0.5) is 27.6 Å². The number of nitrogens with one attached hydrogen (secondary N) is 2. The summed E-state index contributed by atoms with van der Waals surface area (Å²) in [6.07, 6.45) is -3.89. The van der Waals surface area contributed by atoms with Crippen LogP contribution in [-0.2, 0) is 16.0 Å². The minimum Gasteiger partial charge on any atom is -0.349 e. The molecular formula is C24H22F5IN4O4S. The lowest BCUT2D eigenvalue weighted by Crippen LogP contribution is -2.38. The maximum atomic E-state index is 13.4. The third-order valence-electron chi connectivity index (χ3n) is 5.40. The number of anilines is 1. The molecule has 8 nitrogen and oxygen atoms in total. The molecule has 0 aliphatic carbocycles. The van der Waals surface area contributed by atoms with Gasteiger partial charge in [0, 0.05) is 27.1 Å². The van der Waals surface area contributed by atoms with E-state index in [1.54, 1.807) is 12.1 Å². The van der Waals surface area contributed by atoms with Gasteiger partial charge in [0.2, 0.25) is 0 Å². The van der Waals surface area contributed by atoms with Gasteiger partial charge in [-0.25, -0.2) is 13.1 Å². The molecule has 1 heterocycles. The van der Waals surface area contributed by atoms with Crippen molar-refractivity contribution in [2.24, 2.45) is 0 Å². The SMILES string of the molecule is Cc1cc(-c2cc(C(F)(F)F)nn2C(F)F)ccc1NC(=O)c1cccc(I)c1C(=O)NC(C)CS(C)(=O)=O. The van der Waals surface area contributed by atoms with Gasteiger partial charge in [-0.05, 0) is 72.3 Å². The molecule has 0 saturated carbocycles. The minimum atomic E-state index is -4.92. The van der Waals surface area contributed by atoms with Crippen LogP contribution < -0.4 is 10.6 Å². The van der Waals surface area contributed by atoms with E-state index in [2.05, 4.69) is 15.7 Å². The Morgan fingerprint density at radius 3 is 2.33 bits per heavy atom. The largest absolute Gasteiger partial charge is 0.435 e. The lowest BCUT2D eigenvalue weighted by Gasteiger charge is -2.17. The van der Waals surface area contributed by atoms with E-state index < -0.39 is 51.8 Å². The van der Waals surface area contributed by atoms with Gasteiger partial charge in [0.05, 0.1) is 22.6 Å². The Kier molecular flexibility index (Phi) is 9.04. The molecule has 0 aliphatic heterocycles. The zero-order valence-electron chi connectivity index (χ0n) is 20.6. The van der Waals surface area contributed by atoms with Crippen LogP contribution in [0.1, 0.15) is 45.4 Å². The Morgan fingerprint density at radius 1 is 1.10 bits per heavy atom. The van der Waals surface area contributed by atoms with Crippen molar-refractivity contribution in [3.63, 3.8) is 0 Å². The predicted molar refractivity (Wildman–Crippen MR) is 142 cm³/mol. The Balaban J connectivity index is 1.89. The zero-order chi connectivity index (χ0) is 29.3. The first-order valence-electron chi connectivity index (χ1n) is 11.1. The summed E-state index contributed by atoms with van der Waals surface area (Å²) in [6, 6.07) is 8.24. The summed E-state index contributed by atoms with van der Waals surface area (Å²) in [6.45, 7) is -0.292. The fraction of sp³-hybridized carbons (Fsp3) is 0.292. The summed E-state index contributed by atoms with van der Waals surface area (Å²) >= 11 is 1.87. The Morgan fingerprint density at radius 2 is 1.77 bits per heavy atom. The number of carbonyl (C=O) groups excluding carboxylic acids is 2. The smallest absolute Gasteiger partial charge is 0.349 e. The van der Waals surface area contributed by atoms with Gasteiger partial charge in [0.25, 0.3) is 11.8 Å². The second-order valence-corrected chi connectivity index (χ2v) is 12.1. The molecule has 0 radical (unpaired) electrons. The first-order chi connectivity index (χ1) is 18.0. The van der Waals surface area contributed by atoms with E-state index in [0.717, 1.165) is 6.26 Å². The van der Waals surface area contributed by atoms with E-state index in [9.17, 15) is 40.0 Å². The average Bonchev–Trinajstić information content (AvgIpc) is 3.25. The summed E-state index contributed by atoms with van der Waals surface area (Å²) < 4.78 is 89.3. The second-order valence-electron chi connectivity index (χ2n) is 8.75. The average molecular weight is 684 g/mol. The monoisotopic (exact) mass is 684 g/mol. The fourth-order valence-corrected chi connectivity index (χ4v) is 5.52. The molecule has 15 heteroatoms. The highest BCUT2D eigenvalue weighted by molar-refractivity contribution is 14.1. The molecule has 0 bridgehead atoms. The van der Waals surface area contributed by atoms with Gasteiger partial charge in [-0.1, -0.05) is 12.1 Å². The molecule has 1 unspecified atom stereocenters. The number of hydrogen-bond donors (Lipinski definition) is 2. The van der Waals surface area contributed by atoms with Crippen LogP contribution >= 0.6 is 22.6 Å². The van der Waals surface area contributed by atoms with Crippen molar-refractivity contribution in [2.75, 3.05) is 17.3 Å². The lowest BCUT2D eigenvalue weighted by molar-refractivity contribution is -0.142. The number of alkyl halides is 5. The number of benzene rings is 2. The molecule has 1 atom stereocenters.